The molecule has 0 amide bonds. The first kappa shape index (κ1) is 10.1. The Balaban J connectivity index is 2.85. The zero-order chi connectivity index (χ0) is 9.35. The lowest BCUT2D eigenvalue weighted by Crippen LogP contribution is -2.15. The van der Waals surface area contributed by atoms with Crippen molar-refractivity contribution in [2.75, 3.05) is 0 Å². The molecular weight excluding hydrogens is 222 g/mol. The molecule has 0 aliphatic heterocycles. The van der Waals surface area contributed by atoms with E-state index in [-0.39, 0.29) is 0 Å². The number of hydrogen-bond donors (Lipinski definition) is 1. The number of nitrogens with zero attached hydrogens (tertiary/aromatic N) is 2. The van der Waals surface area contributed by atoms with Crippen LogP contribution in [-0.4, -0.2) is 18.7 Å². The molecule has 0 aromatic carbocycles. The van der Waals surface area contributed by atoms with Gasteiger partial charge in [-0.25, -0.2) is 0 Å². The first-order chi connectivity index (χ1) is 5.41. The molecule has 0 saturated heterocycles. The van der Waals surface area contributed by atoms with Crippen LogP contribution in [0, 0.1) is 0 Å². The Hall–Kier alpha value is 0.0400. The highest BCUT2D eigenvalue weighted by molar-refractivity contribution is 6.67. The summed E-state index contributed by atoms with van der Waals surface area (Å²) in [6.45, 7) is 0. The van der Waals surface area contributed by atoms with Crippen molar-refractivity contribution in [1.29, 1.82) is 0 Å². The smallest absolute Gasteiger partial charge is 0.220 e. The summed E-state index contributed by atoms with van der Waals surface area (Å²) in [7, 11) is 1.72. The lowest BCUT2D eigenvalue weighted by Gasteiger charge is -2.16. The second kappa shape index (κ2) is 3.42. The van der Waals surface area contributed by atoms with Crippen LogP contribution in [0.2, 0.25) is 0 Å². The maximum Gasteiger partial charge on any atom is 0.220 e. The Kier molecular flexibility index (Phi) is 2.88. The molecule has 1 aromatic rings. The highest BCUT2D eigenvalue weighted by Gasteiger charge is 2.32. The van der Waals surface area contributed by atoms with Crippen LogP contribution in [0.5, 0.6) is 0 Å². The van der Waals surface area contributed by atoms with Crippen LogP contribution in [-0.2, 0) is 7.05 Å². The summed E-state index contributed by atoms with van der Waals surface area (Å²) in [5.41, 5.74) is 0.484. The summed E-state index contributed by atoms with van der Waals surface area (Å²) in [4.78, 5) is 0. The average Bonchev–Trinajstić information content (AvgIpc) is 2.32. The van der Waals surface area contributed by atoms with Crippen LogP contribution in [0.25, 0.3) is 0 Å². The molecule has 0 unspecified atom stereocenters. The van der Waals surface area contributed by atoms with Gasteiger partial charge in [-0.2, -0.15) is 5.10 Å². The van der Waals surface area contributed by atoms with E-state index in [0.717, 1.165) is 0 Å². The molecule has 12 heavy (non-hydrogen) atoms. The van der Waals surface area contributed by atoms with Crippen molar-refractivity contribution in [2.45, 2.75) is 9.90 Å². The van der Waals surface area contributed by atoms with Gasteiger partial charge in [0, 0.05) is 18.8 Å². The van der Waals surface area contributed by atoms with E-state index in [9.17, 15) is 5.11 Å². The van der Waals surface area contributed by atoms with Gasteiger partial charge in [0.2, 0.25) is 3.79 Å². The summed E-state index contributed by atoms with van der Waals surface area (Å²) in [6.07, 6.45) is 1.90. The summed E-state index contributed by atoms with van der Waals surface area (Å²) >= 11 is 16.4. The van der Waals surface area contributed by atoms with Gasteiger partial charge in [0.25, 0.3) is 0 Å². The molecule has 1 aromatic heterocycles. The number of aliphatic hydroxyl groups excluding tert-OH is 1. The zero-order valence-corrected chi connectivity index (χ0v) is 8.48. The number of halogens is 3. The van der Waals surface area contributed by atoms with Gasteiger partial charge >= 0.3 is 0 Å². The van der Waals surface area contributed by atoms with Crippen molar-refractivity contribution < 1.29 is 5.11 Å². The molecular formula is C6H7Cl3N2O. The fourth-order valence-electron chi connectivity index (χ4n) is 0.770. The summed E-state index contributed by atoms with van der Waals surface area (Å²) in [5.74, 6) is 0. The van der Waals surface area contributed by atoms with Crippen LogP contribution in [0.3, 0.4) is 0 Å². The minimum atomic E-state index is -1.71. The van der Waals surface area contributed by atoms with Crippen LogP contribution in [0.15, 0.2) is 12.4 Å². The Morgan fingerprint density at radius 1 is 1.58 bits per heavy atom. The van der Waals surface area contributed by atoms with Crippen LogP contribution in [0.1, 0.15) is 11.7 Å². The molecule has 0 spiro atoms. The molecule has 1 heterocycles. The maximum absolute atomic E-state index is 9.42. The van der Waals surface area contributed by atoms with Gasteiger partial charge in [0.1, 0.15) is 6.10 Å². The molecule has 1 atom stereocenters. The Morgan fingerprint density at radius 3 is 2.50 bits per heavy atom. The van der Waals surface area contributed by atoms with E-state index < -0.39 is 9.90 Å². The SMILES string of the molecule is Cn1cc([C@H](O)C(Cl)(Cl)Cl)cn1. The van der Waals surface area contributed by atoms with E-state index in [2.05, 4.69) is 5.10 Å². The van der Waals surface area contributed by atoms with Gasteiger partial charge in [-0.1, -0.05) is 34.8 Å². The molecule has 0 radical (unpaired) electrons. The van der Waals surface area contributed by atoms with E-state index in [4.69, 9.17) is 34.8 Å². The monoisotopic (exact) mass is 228 g/mol. The van der Waals surface area contributed by atoms with Gasteiger partial charge in [0.05, 0.1) is 6.20 Å². The number of hydrogen-bond acceptors (Lipinski definition) is 2. The quantitative estimate of drug-likeness (QED) is 0.746. The highest BCUT2D eigenvalue weighted by Crippen LogP contribution is 2.39. The average molecular weight is 229 g/mol. The molecule has 0 fully saturated rings. The van der Waals surface area contributed by atoms with Crippen molar-refractivity contribution in [1.82, 2.24) is 9.78 Å². The summed E-state index contributed by atoms with van der Waals surface area (Å²) in [5, 5.41) is 13.3. The first-order valence-corrected chi connectivity index (χ1v) is 4.28. The molecule has 1 rings (SSSR count). The number of aliphatic hydroxyl groups is 1. The predicted octanol–water partition coefficient (Wildman–Crippen LogP) is 1.82. The van der Waals surface area contributed by atoms with Crippen molar-refractivity contribution in [2.24, 2.45) is 7.05 Å². The minimum absolute atomic E-state index is 0.484. The van der Waals surface area contributed by atoms with Crippen molar-refractivity contribution in [3.63, 3.8) is 0 Å². The minimum Gasteiger partial charge on any atom is -0.384 e. The third-order valence-electron chi connectivity index (χ3n) is 1.35. The Labute approximate surface area is 84.8 Å². The number of aryl methyl sites for hydroxylation is 1. The van der Waals surface area contributed by atoms with Gasteiger partial charge < -0.3 is 5.11 Å². The third-order valence-corrected chi connectivity index (χ3v) is 1.97. The fourth-order valence-corrected chi connectivity index (χ4v) is 1.15. The zero-order valence-electron chi connectivity index (χ0n) is 6.21. The standard InChI is InChI=1S/C6H7Cl3N2O/c1-11-3-4(2-10-11)5(12)6(7,8)9/h2-3,5,12H,1H3/t5-/m0/s1. The lowest BCUT2D eigenvalue weighted by molar-refractivity contribution is 0.182. The van der Waals surface area contributed by atoms with E-state index in [0.29, 0.717) is 5.56 Å². The first-order valence-electron chi connectivity index (χ1n) is 3.14. The van der Waals surface area contributed by atoms with Crippen LogP contribution >= 0.6 is 34.8 Å². The van der Waals surface area contributed by atoms with Crippen LogP contribution < -0.4 is 0 Å². The highest BCUT2D eigenvalue weighted by atomic mass is 35.6. The van der Waals surface area contributed by atoms with Gasteiger partial charge in [0.15, 0.2) is 0 Å². The van der Waals surface area contributed by atoms with Gasteiger partial charge in [-0.3, -0.25) is 4.68 Å². The largest absolute Gasteiger partial charge is 0.384 e. The normalized spacial score (nSPS) is 14.8. The third kappa shape index (κ3) is 2.26. The fraction of sp³-hybridized carbons (Fsp3) is 0.500. The van der Waals surface area contributed by atoms with Crippen molar-refractivity contribution >= 4 is 34.8 Å². The number of aromatic nitrogens is 2. The molecule has 0 aliphatic carbocycles. The maximum atomic E-state index is 9.42. The topological polar surface area (TPSA) is 38.0 Å². The second-order valence-electron chi connectivity index (χ2n) is 2.39. The molecule has 6 heteroatoms. The molecule has 0 saturated carbocycles. The Bertz CT molecular complexity index is 268. The van der Waals surface area contributed by atoms with Gasteiger partial charge in [-0.05, 0) is 0 Å². The van der Waals surface area contributed by atoms with E-state index in [1.54, 1.807) is 13.2 Å². The van der Waals surface area contributed by atoms with Gasteiger partial charge in [-0.15, -0.1) is 0 Å². The van der Waals surface area contributed by atoms with Crippen LogP contribution in [0.4, 0.5) is 0 Å². The van der Waals surface area contributed by atoms with E-state index >= 15 is 0 Å². The number of rotatable bonds is 1. The van der Waals surface area contributed by atoms with Crippen molar-refractivity contribution in [3.05, 3.63) is 18.0 Å². The second-order valence-corrected chi connectivity index (χ2v) is 4.76. The molecule has 0 bridgehead atoms. The lowest BCUT2D eigenvalue weighted by atomic mass is 10.2. The van der Waals surface area contributed by atoms with Crippen molar-refractivity contribution in [3.8, 4) is 0 Å². The predicted molar refractivity (Wildman–Crippen MR) is 48.5 cm³/mol. The molecule has 1 N–H and O–H groups in total. The Morgan fingerprint density at radius 2 is 2.17 bits per heavy atom. The number of alkyl halides is 3. The summed E-state index contributed by atoms with van der Waals surface area (Å²) in [6, 6.07) is 0. The summed E-state index contributed by atoms with van der Waals surface area (Å²) < 4.78 is -0.183. The van der Waals surface area contributed by atoms with E-state index in [1.165, 1.54) is 10.9 Å². The molecule has 68 valence electrons. The molecule has 3 nitrogen and oxygen atoms in total. The van der Waals surface area contributed by atoms with E-state index in [1.807, 2.05) is 0 Å². The molecule has 0 aliphatic rings.